The van der Waals surface area contributed by atoms with Gasteiger partial charge in [-0.2, -0.15) is 0 Å². The molecule has 0 heterocycles. The molecular weight excluding hydrogens is 566 g/mol. The molecular formula is C12H5Br5O. The van der Waals surface area contributed by atoms with Crippen LogP contribution in [0.15, 0.2) is 52.7 Å². The fourth-order valence-electron chi connectivity index (χ4n) is 1.29. The summed E-state index contributed by atoms with van der Waals surface area (Å²) >= 11 is 17.3. The van der Waals surface area contributed by atoms with Crippen LogP contribution < -0.4 is 4.74 Å². The topological polar surface area (TPSA) is 9.23 Å². The standard InChI is InChI=1S/C12H5Br5O/c13-6-1-2-11(8(15)3-6)18-12-9(16)4-7(14)5-10(12)17/h1-5H/i4+1,5+1,7+1,9+1,10+1,12+1. The Labute approximate surface area is 147 Å². The molecule has 1 nitrogen and oxygen atoms in total. The van der Waals surface area contributed by atoms with E-state index in [1.54, 1.807) is 0 Å². The summed E-state index contributed by atoms with van der Waals surface area (Å²) in [5.74, 6) is 1.49. The van der Waals surface area contributed by atoms with Gasteiger partial charge >= 0.3 is 0 Å². The highest BCUT2D eigenvalue weighted by Crippen LogP contribution is 2.41. The van der Waals surface area contributed by atoms with E-state index in [-0.39, 0.29) is 0 Å². The highest BCUT2D eigenvalue weighted by atomic mass is 79.9. The predicted molar refractivity (Wildman–Crippen MR) is 91.5 cm³/mol. The minimum absolute atomic E-state index is 0.737. The van der Waals surface area contributed by atoms with E-state index in [1.165, 1.54) is 0 Å². The van der Waals surface area contributed by atoms with E-state index in [4.69, 9.17) is 4.74 Å². The Kier molecular flexibility index (Phi) is 5.34. The molecule has 6 heteroatoms. The Morgan fingerprint density at radius 1 is 0.667 bits per heavy atom. The molecule has 0 aliphatic rings. The fourth-order valence-corrected chi connectivity index (χ4v) is 4.84. The van der Waals surface area contributed by atoms with Gasteiger partial charge in [0.2, 0.25) is 0 Å². The summed E-state index contributed by atoms with van der Waals surface area (Å²) in [6.07, 6.45) is 0. The van der Waals surface area contributed by atoms with Crippen molar-refractivity contribution in [2.24, 2.45) is 0 Å². The van der Waals surface area contributed by atoms with Crippen molar-refractivity contribution in [3.63, 3.8) is 0 Å². The van der Waals surface area contributed by atoms with Gasteiger partial charge in [0.05, 0.1) is 13.4 Å². The summed E-state index contributed by atoms with van der Waals surface area (Å²) < 4.78 is 10.5. The first-order valence-corrected chi connectivity index (χ1v) is 8.71. The summed E-state index contributed by atoms with van der Waals surface area (Å²) in [7, 11) is 0. The highest BCUT2D eigenvalue weighted by Gasteiger charge is 2.11. The zero-order valence-electron chi connectivity index (χ0n) is 8.68. The fraction of sp³-hybridized carbons (Fsp3) is 0. The third-order valence-corrected chi connectivity index (χ3v) is 4.82. The molecule has 0 radical (unpaired) electrons. The van der Waals surface area contributed by atoms with Gasteiger partial charge < -0.3 is 4.74 Å². The molecule has 0 amide bonds. The van der Waals surface area contributed by atoms with E-state index in [2.05, 4.69) is 79.6 Å². The normalized spacial score (nSPS) is 10.5. The van der Waals surface area contributed by atoms with Gasteiger partial charge in [-0.25, -0.2) is 0 Å². The second kappa shape index (κ2) is 6.39. The van der Waals surface area contributed by atoms with Gasteiger partial charge in [0.25, 0.3) is 0 Å². The van der Waals surface area contributed by atoms with Crippen molar-refractivity contribution in [3.8, 4) is 11.5 Å². The molecule has 94 valence electrons. The van der Waals surface area contributed by atoms with E-state index < -0.39 is 0 Å². The maximum absolute atomic E-state index is 5.90. The molecule has 0 spiro atoms. The maximum Gasteiger partial charge on any atom is 0.155 e. The second-order valence-electron chi connectivity index (χ2n) is 3.38. The molecule has 0 bridgehead atoms. The van der Waals surface area contributed by atoms with Crippen LogP contribution in [0.3, 0.4) is 0 Å². The summed E-state index contributed by atoms with van der Waals surface area (Å²) in [5.41, 5.74) is 0. The van der Waals surface area contributed by atoms with Crippen molar-refractivity contribution in [1.82, 2.24) is 0 Å². The maximum atomic E-state index is 5.90. The third-order valence-electron chi connectivity index (χ3n) is 2.07. The zero-order chi connectivity index (χ0) is 13.3. The van der Waals surface area contributed by atoms with Crippen molar-refractivity contribution in [1.29, 1.82) is 0 Å². The van der Waals surface area contributed by atoms with Crippen LogP contribution in [0.25, 0.3) is 0 Å². The minimum Gasteiger partial charge on any atom is -0.454 e. The van der Waals surface area contributed by atoms with E-state index in [9.17, 15) is 0 Å². The Balaban J connectivity index is 2.40. The van der Waals surface area contributed by atoms with Gasteiger partial charge in [-0.1, -0.05) is 31.9 Å². The first-order valence-electron chi connectivity index (χ1n) is 4.75. The smallest absolute Gasteiger partial charge is 0.155 e. The van der Waals surface area contributed by atoms with Crippen LogP contribution in [0.1, 0.15) is 0 Å². The highest BCUT2D eigenvalue weighted by molar-refractivity contribution is 9.12. The molecule has 0 aliphatic carbocycles. The Morgan fingerprint density at radius 2 is 1.22 bits per heavy atom. The van der Waals surface area contributed by atoms with Crippen LogP contribution in [0.4, 0.5) is 0 Å². The Bertz CT molecular complexity index is 574. The van der Waals surface area contributed by atoms with Crippen molar-refractivity contribution in [3.05, 3.63) is 52.7 Å². The lowest BCUT2D eigenvalue weighted by molar-refractivity contribution is 0.473. The molecule has 0 aromatic heterocycles. The van der Waals surface area contributed by atoms with Gasteiger partial charge in [0.1, 0.15) is 5.75 Å². The van der Waals surface area contributed by atoms with Crippen LogP contribution in [-0.4, -0.2) is 0 Å². The van der Waals surface area contributed by atoms with Gasteiger partial charge in [0.15, 0.2) is 5.75 Å². The second-order valence-corrected chi connectivity index (χ2v) is 7.77. The van der Waals surface area contributed by atoms with Crippen LogP contribution in [0.2, 0.25) is 0 Å². The van der Waals surface area contributed by atoms with Crippen LogP contribution in [0.5, 0.6) is 11.5 Å². The molecule has 2 aromatic carbocycles. The molecule has 0 saturated carbocycles. The largest absolute Gasteiger partial charge is 0.454 e. The number of hydrogen-bond acceptors (Lipinski definition) is 1. The number of rotatable bonds is 2. The quantitative estimate of drug-likeness (QED) is 0.369. The van der Waals surface area contributed by atoms with Crippen molar-refractivity contribution in [2.45, 2.75) is 0 Å². The Morgan fingerprint density at radius 3 is 1.78 bits per heavy atom. The summed E-state index contributed by atoms with van der Waals surface area (Å²) in [6, 6.07) is 9.64. The average molecular weight is 571 g/mol. The monoisotopic (exact) mass is 566 g/mol. The van der Waals surface area contributed by atoms with Crippen LogP contribution in [-0.2, 0) is 0 Å². The molecule has 2 rings (SSSR count). The van der Waals surface area contributed by atoms with E-state index in [0.717, 1.165) is 33.9 Å². The zero-order valence-corrected chi connectivity index (χ0v) is 16.6. The molecule has 0 saturated heterocycles. The van der Waals surface area contributed by atoms with Crippen molar-refractivity contribution >= 4 is 79.6 Å². The van der Waals surface area contributed by atoms with E-state index in [0.29, 0.717) is 0 Å². The van der Waals surface area contributed by atoms with Crippen molar-refractivity contribution < 1.29 is 4.74 Å². The molecule has 0 aliphatic heterocycles. The molecule has 0 unspecified atom stereocenters. The summed E-state index contributed by atoms with van der Waals surface area (Å²) in [5, 5.41) is 0. The molecule has 18 heavy (non-hydrogen) atoms. The molecule has 0 N–H and O–H groups in total. The third kappa shape index (κ3) is 3.60. The first kappa shape index (κ1) is 15.0. The lowest BCUT2D eigenvalue weighted by Crippen LogP contribution is -1.88. The lowest BCUT2D eigenvalue weighted by Gasteiger charge is -2.12. The molecule has 0 atom stereocenters. The SMILES string of the molecule is Brc1ccc(O[13c]2[13c](Br)[13cH][13c](Br)[13cH][13c]2Br)c(Br)c1. The van der Waals surface area contributed by atoms with Crippen LogP contribution in [0, 0.1) is 0 Å². The lowest BCUT2D eigenvalue weighted by atomic mass is 10.3. The first-order chi connectivity index (χ1) is 8.47. The minimum atomic E-state index is 0.737. The molecule has 2 aromatic rings. The van der Waals surface area contributed by atoms with E-state index in [1.807, 2.05) is 30.3 Å². The predicted octanol–water partition coefficient (Wildman–Crippen LogP) is 7.29. The average Bonchev–Trinajstić information content (AvgIpc) is 2.25. The molecule has 0 fully saturated rings. The van der Waals surface area contributed by atoms with Crippen LogP contribution >= 0.6 is 79.6 Å². The van der Waals surface area contributed by atoms with Gasteiger partial charge in [-0.05, 0) is 78.1 Å². The summed E-state index contributed by atoms with van der Waals surface area (Å²) in [6.45, 7) is 0. The number of benzene rings is 2. The van der Waals surface area contributed by atoms with Crippen molar-refractivity contribution in [2.75, 3.05) is 0 Å². The van der Waals surface area contributed by atoms with E-state index >= 15 is 0 Å². The number of halogens is 5. The number of ether oxygens (including phenoxy) is 1. The number of hydrogen-bond donors (Lipinski definition) is 0. The van der Waals surface area contributed by atoms with Gasteiger partial charge in [-0.3, -0.25) is 0 Å². The summed E-state index contributed by atoms with van der Waals surface area (Å²) in [4.78, 5) is 0. The van der Waals surface area contributed by atoms with Gasteiger partial charge in [0, 0.05) is 8.95 Å². The Hall–Kier alpha value is 0.640. The van der Waals surface area contributed by atoms with Gasteiger partial charge in [-0.15, -0.1) is 0 Å².